The van der Waals surface area contributed by atoms with Crippen molar-refractivity contribution in [2.75, 3.05) is 33.0 Å². The summed E-state index contributed by atoms with van der Waals surface area (Å²) in [6, 6.07) is 0. The minimum absolute atomic E-state index is 0.109. The molecule has 33 atom stereocenters. The van der Waals surface area contributed by atoms with E-state index in [9.17, 15) is 81.1 Å². The van der Waals surface area contributed by atoms with Crippen molar-refractivity contribution in [3.8, 4) is 0 Å². The molecule has 524 valence electrons. The van der Waals surface area contributed by atoms with Gasteiger partial charge in [0, 0.05) is 5.41 Å². The van der Waals surface area contributed by atoms with Crippen molar-refractivity contribution in [1.82, 2.24) is 0 Å². The average molecular weight is 1320 g/mol. The molecule has 0 radical (unpaired) electrons. The second-order valence-electron chi connectivity index (χ2n) is 30.5. The molecule has 12 fully saturated rings. The van der Waals surface area contributed by atoms with E-state index in [1.807, 2.05) is 6.92 Å². The number of hydrogen-bond acceptors (Lipinski definition) is 29. The molecule has 12 bridgehead atoms. The van der Waals surface area contributed by atoms with Gasteiger partial charge in [0.05, 0.1) is 75.2 Å². The summed E-state index contributed by atoms with van der Waals surface area (Å²) in [7, 11) is 0. The van der Waals surface area contributed by atoms with Crippen LogP contribution in [0, 0.1) is 50.2 Å². The van der Waals surface area contributed by atoms with Gasteiger partial charge in [-0.25, -0.2) is 0 Å². The zero-order valence-corrected chi connectivity index (χ0v) is 53.4. The summed E-state index contributed by atoms with van der Waals surface area (Å²) >= 11 is 0. The molecule has 12 aliphatic heterocycles. The van der Waals surface area contributed by atoms with Crippen LogP contribution >= 0.6 is 0 Å². The van der Waals surface area contributed by atoms with E-state index in [-0.39, 0.29) is 29.6 Å². The molecule has 8 saturated heterocycles. The quantitative estimate of drug-likeness (QED) is 0.0590. The maximum Gasteiger partial charge on any atom is 0.315 e. The number of esters is 3. The van der Waals surface area contributed by atoms with E-state index in [1.54, 1.807) is 0 Å². The van der Waals surface area contributed by atoms with Gasteiger partial charge < -0.3 is 128 Å². The van der Waals surface area contributed by atoms with E-state index in [0.29, 0.717) is 51.4 Å². The van der Waals surface area contributed by atoms with Gasteiger partial charge in [0.2, 0.25) is 6.29 Å². The topological polar surface area (TPSA) is 445 Å². The van der Waals surface area contributed by atoms with Crippen LogP contribution in [0.3, 0.4) is 0 Å². The molecule has 17 rings (SSSR count). The van der Waals surface area contributed by atoms with Gasteiger partial charge in [-0.2, -0.15) is 0 Å². The molecule has 0 unspecified atom stereocenters. The van der Waals surface area contributed by atoms with Gasteiger partial charge in [-0.05, 0) is 111 Å². The van der Waals surface area contributed by atoms with Crippen LogP contribution in [0.4, 0.5) is 0 Å². The largest absolute Gasteiger partial charge is 0.457 e. The van der Waals surface area contributed by atoms with Crippen LogP contribution in [0.2, 0.25) is 0 Å². The zero-order valence-electron chi connectivity index (χ0n) is 53.4. The number of allylic oxidation sites excluding steroid dienone is 2. The summed E-state index contributed by atoms with van der Waals surface area (Å²) in [4.78, 5) is 43.1. The molecule has 17 aliphatic rings. The van der Waals surface area contributed by atoms with Gasteiger partial charge in [0.25, 0.3) is 0 Å². The highest BCUT2D eigenvalue weighted by molar-refractivity contribution is 5.79. The molecular weight excluding hydrogens is 1220 g/mol. The lowest BCUT2D eigenvalue weighted by Crippen LogP contribution is -2.70. The highest BCUT2D eigenvalue weighted by atomic mass is 16.8. The van der Waals surface area contributed by atoms with Gasteiger partial charge in [0.1, 0.15) is 79.4 Å². The normalized spacial score (nSPS) is 54.4. The zero-order chi connectivity index (χ0) is 66.9. The monoisotopic (exact) mass is 1320 g/mol. The molecule has 4 saturated carbocycles. The van der Waals surface area contributed by atoms with E-state index >= 15 is 4.79 Å². The molecule has 29 heteroatoms. The summed E-state index contributed by atoms with van der Waals surface area (Å²) in [5.74, 6) is -3.90. The van der Waals surface area contributed by atoms with Crippen LogP contribution in [-0.4, -0.2) is 275 Å². The lowest BCUT2D eigenvalue weighted by Gasteiger charge is -2.72. The molecule has 0 aromatic rings. The fourth-order valence-electron chi connectivity index (χ4n) is 18.5. The SMILES string of the molecule is C[C@@H]1O[C@H]2O[C@H]3[C@@H](OC[C@H](O)[C@@H]3O)OC(=O)[C@]34CCC(C)(C)C[C@@H]3C3=CC[C@@H]5[C@@]6(C)C[C@H](O)[C@H](O[C@@H]7O[C@H](CO)[C@@H](O)[C@H](O)[C@H]7O[C@@H]7OC[C@H](OC(=O)C[C@](C)(O)CC(=O)O[C@@H]1[C@@H](O[C@@H]1OC[C@@H](O)[C@H](O)[C@H]1O)[C@H]2O)[C@H](O)[C@H]7O)[C@@](C)(CO)[C@@H]6CC[C@@]5(C)[C@]3(C)CC4. The molecule has 14 N–H and O–H groups in total. The van der Waals surface area contributed by atoms with Crippen LogP contribution in [0.25, 0.3) is 0 Å². The Morgan fingerprint density at radius 3 is 1.90 bits per heavy atom. The van der Waals surface area contributed by atoms with E-state index in [4.69, 9.17) is 56.8 Å². The van der Waals surface area contributed by atoms with Crippen LogP contribution in [0.15, 0.2) is 11.6 Å². The summed E-state index contributed by atoms with van der Waals surface area (Å²) in [5, 5.41) is 159. The summed E-state index contributed by atoms with van der Waals surface area (Å²) in [6.07, 6.45) is -36.9. The third kappa shape index (κ3) is 12.1. The number of carbonyl (C=O) groups is 3. The Morgan fingerprint density at radius 1 is 0.565 bits per heavy atom. The number of aliphatic hydroxyl groups is 14. The van der Waals surface area contributed by atoms with Crippen molar-refractivity contribution in [1.29, 1.82) is 0 Å². The van der Waals surface area contributed by atoms with Crippen LogP contribution < -0.4 is 0 Å². The van der Waals surface area contributed by atoms with Gasteiger partial charge in [-0.1, -0.05) is 53.2 Å². The number of aliphatic hydroxyl groups excluding tert-OH is 13. The summed E-state index contributed by atoms with van der Waals surface area (Å²) < 4.78 is 72.3. The predicted octanol–water partition coefficient (Wildman–Crippen LogP) is -2.68. The smallest absolute Gasteiger partial charge is 0.315 e. The first-order valence-electron chi connectivity index (χ1n) is 32.6. The number of hydrogen-bond donors (Lipinski definition) is 14. The number of carbonyl (C=O) groups excluding carboxylic acids is 3. The van der Waals surface area contributed by atoms with E-state index in [0.717, 1.165) is 12.5 Å². The fraction of sp³-hybridized carbons (Fsp3) is 0.921. The van der Waals surface area contributed by atoms with Gasteiger partial charge in [-0.3, -0.25) is 14.4 Å². The minimum atomic E-state index is -2.29. The predicted molar refractivity (Wildman–Crippen MR) is 306 cm³/mol. The van der Waals surface area contributed by atoms with Gasteiger partial charge >= 0.3 is 17.9 Å². The molecule has 92 heavy (non-hydrogen) atoms. The first-order chi connectivity index (χ1) is 43.1. The summed E-state index contributed by atoms with van der Waals surface area (Å²) in [5.41, 5.74) is -5.49. The Hall–Kier alpha value is -2.77. The van der Waals surface area contributed by atoms with Crippen molar-refractivity contribution in [2.45, 2.75) is 279 Å². The van der Waals surface area contributed by atoms with Crippen molar-refractivity contribution in [3.63, 3.8) is 0 Å². The minimum Gasteiger partial charge on any atom is -0.457 e. The van der Waals surface area contributed by atoms with Crippen molar-refractivity contribution < 1.29 is 143 Å². The van der Waals surface area contributed by atoms with Gasteiger partial charge in [-0.15, -0.1) is 0 Å². The molecule has 0 aromatic carbocycles. The molecule has 12 heterocycles. The van der Waals surface area contributed by atoms with E-state index < -0.39 is 244 Å². The fourth-order valence-corrected chi connectivity index (χ4v) is 18.5. The van der Waals surface area contributed by atoms with E-state index in [1.165, 1.54) is 6.92 Å². The molecule has 1 spiro atoms. The highest BCUT2D eigenvalue weighted by Crippen LogP contribution is 2.76. The Bertz CT molecular complexity index is 2700. The Balaban J connectivity index is 0.951. The molecule has 0 amide bonds. The van der Waals surface area contributed by atoms with Crippen molar-refractivity contribution >= 4 is 17.9 Å². The van der Waals surface area contributed by atoms with Crippen molar-refractivity contribution in [3.05, 3.63) is 11.6 Å². The lowest BCUT2D eigenvalue weighted by atomic mass is 9.33. The maximum atomic E-state index is 15.6. The van der Waals surface area contributed by atoms with Crippen LogP contribution in [-0.2, 0) is 71.2 Å². The Kier molecular flexibility index (Phi) is 19.8. The average Bonchev–Trinajstić information content (AvgIpc) is 0.674. The standard InChI is InChI=1S/C63H98O29/c1-26-46-47(88-51-43(76)38(71)30(67)22-81-51)45(78)53(84-26)90-48-39(72)31(68)23-82-54(48)92-56(79)63-15-13-57(2,3)17-28(63)27-9-10-35-59(5)18-29(66)50(60(6,25-65)34(59)11-12-62(35,8)61(27,7)14-16-63)91-55-49(42(75)40(73)32(21-64)86-55)89-52-44(77)41(74)33(24-83-52)85-36(69)19-58(4,80)20-37(70)87-46/h9,26,28-35,38-55,64-68,71-78,80H,10-25H2,1-8H3/t26-,28+,29-,30+,31-,32+,33-,34+,35+,38-,39-,40+,41-,42-,43+,44+,45+,46-,47-,48+,49+,50-,51-,52-,53-,54-,55-,58-,59-,60-,61+,62+,63-/m0/s1. The van der Waals surface area contributed by atoms with Gasteiger partial charge in [0.15, 0.2) is 43.5 Å². The second kappa shape index (κ2) is 25.8. The third-order valence-corrected chi connectivity index (χ3v) is 24.0. The highest BCUT2D eigenvalue weighted by Gasteiger charge is 2.72. The lowest BCUT2D eigenvalue weighted by molar-refractivity contribution is -0.377. The van der Waals surface area contributed by atoms with Crippen LogP contribution in [0.1, 0.15) is 126 Å². The first-order valence-corrected chi connectivity index (χ1v) is 32.6. The molecule has 29 nitrogen and oxygen atoms in total. The number of rotatable bonds is 4. The van der Waals surface area contributed by atoms with Crippen molar-refractivity contribution in [2.24, 2.45) is 50.2 Å². The Morgan fingerprint density at radius 2 is 1.21 bits per heavy atom. The molecular formula is C63H98O29. The molecule has 0 aromatic heterocycles. The third-order valence-electron chi connectivity index (χ3n) is 24.0. The maximum absolute atomic E-state index is 15.6. The molecule has 5 aliphatic carbocycles. The summed E-state index contributed by atoms with van der Waals surface area (Å²) in [6.45, 7) is 12.2. The first kappa shape index (κ1) is 70.5. The number of ether oxygens (including phenoxy) is 12. The second-order valence-corrected chi connectivity index (χ2v) is 30.5. The van der Waals surface area contributed by atoms with E-state index in [2.05, 4.69) is 40.7 Å². The van der Waals surface area contributed by atoms with Crippen LogP contribution in [0.5, 0.6) is 0 Å². The Labute approximate surface area is 533 Å².